The van der Waals surface area contributed by atoms with Crippen molar-refractivity contribution in [3.63, 3.8) is 0 Å². The molecule has 1 fully saturated rings. The number of hydrogen-bond acceptors (Lipinski definition) is 2. The van der Waals surface area contributed by atoms with Crippen molar-refractivity contribution in [1.82, 2.24) is 5.32 Å². The van der Waals surface area contributed by atoms with E-state index in [2.05, 4.69) is 12.2 Å². The third kappa shape index (κ3) is 3.66. The Bertz CT molecular complexity index is 190. The van der Waals surface area contributed by atoms with Gasteiger partial charge in [-0.1, -0.05) is 20.3 Å². The Labute approximate surface area is 85.9 Å². The summed E-state index contributed by atoms with van der Waals surface area (Å²) in [6.07, 6.45) is 4.30. The van der Waals surface area contributed by atoms with Crippen LogP contribution in [0.3, 0.4) is 0 Å². The highest BCUT2D eigenvalue weighted by Gasteiger charge is 2.28. The third-order valence-corrected chi connectivity index (χ3v) is 2.99. The molecule has 2 atom stereocenters. The van der Waals surface area contributed by atoms with Gasteiger partial charge >= 0.3 is 5.97 Å². The van der Waals surface area contributed by atoms with Gasteiger partial charge < -0.3 is 10.4 Å². The summed E-state index contributed by atoms with van der Waals surface area (Å²) in [5.41, 5.74) is 0. The zero-order valence-electron chi connectivity index (χ0n) is 9.12. The average molecular weight is 199 g/mol. The Morgan fingerprint density at radius 1 is 1.57 bits per heavy atom. The minimum atomic E-state index is -0.713. The minimum absolute atomic E-state index is 0.346. The normalized spacial score (nSPS) is 20.4. The maximum Gasteiger partial charge on any atom is 0.320 e. The van der Waals surface area contributed by atoms with Crippen LogP contribution < -0.4 is 5.32 Å². The average Bonchev–Trinajstić information content (AvgIpc) is 2.94. The van der Waals surface area contributed by atoms with Crippen LogP contribution in [0.25, 0.3) is 0 Å². The summed E-state index contributed by atoms with van der Waals surface area (Å²) in [4.78, 5) is 10.8. The minimum Gasteiger partial charge on any atom is -0.480 e. The molecule has 0 heterocycles. The highest BCUT2D eigenvalue weighted by atomic mass is 16.4. The second kappa shape index (κ2) is 5.35. The Morgan fingerprint density at radius 3 is 2.64 bits per heavy atom. The SMILES string of the molecule is CCCC(NCC(C)C1CC1)C(=O)O. The molecule has 1 rings (SSSR count). The molecule has 0 aliphatic heterocycles. The molecule has 2 N–H and O–H groups in total. The molecule has 0 aromatic carbocycles. The number of carboxylic acids is 1. The third-order valence-electron chi connectivity index (χ3n) is 2.99. The van der Waals surface area contributed by atoms with Crippen molar-refractivity contribution in [2.24, 2.45) is 11.8 Å². The van der Waals surface area contributed by atoms with Crippen molar-refractivity contribution in [2.45, 2.75) is 45.6 Å². The summed E-state index contributed by atoms with van der Waals surface area (Å²) < 4.78 is 0. The number of hydrogen-bond donors (Lipinski definition) is 2. The lowest BCUT2D eigenvalue weighted by atomic mass is 10.1. The van der Waals surface area contributed by atoms with Gasteiger partial charge in [0.2, 0.25) is 0 Å². The standard InChI is InChI=1S/C11H21NO2/c1-3-4-10(11(13)14)12-7-8(2)9-5-6-9/h8-10,12H,3-7H2,1-2H3,(H,13,14). The van der Waals surface area contributed by atoms with E-state index in [-0.39, 0.29) is 6.04 Å². The number of aliphatic carboxylic acids is 1. The summed E-state index contributed by atoms with van der Waals surface area (Å²) in [6.45, 7) is 5.07. The maximum atomic E-state index is 10.8. The molecule has 3 heteroatoms. The van der Waals surface area contributed by atoms with Gasteiger partial charge in [0, 0.05) is 0 Å². The van der Waals surface area contributed by atoms with E-state index < -0.39 is 5.97 Å². The van der Waals surface area contributed by atoms with Crippen LogP contribution in [0, 0.1) is 11.8 Å². The van der Waals surface area contributed by atoms with Crippen LogP contribution in [0.1, 0.15) is 39.5 Å². The molecule has 0 saturated heterocycles. The van der Waals surface area contributed by atoms with Crippen LogP contribution in [-0.2, 0) is 4.79 Å². The first kappa shape index (κ1) is 11.5. The van der Waals surface area contributed by atoms with E-state index in [0.717, 1.165) is 25.3 Å². The second-order valence-electron chi connectivity index (χ2n) is 4.40. The van der Waals surface area contributed by atoms with Gasteiger partial charge in [-0.25, -0.2) is 0 Å². The van der Waals surface area contributed by atoms with Gasteiger partial charge in [-0.15, -0.1) is 0 Å². The monoisotopic (exact) mass is 199 g/mol. The van der Waals surface area contributed by atoms with E-state index in [4.69, 9.17) is 5.11 Å². The Kier molecular flexibility index (Phi) is 4.39. The van der Waals surface area contributed by atoms with E-state index in [1.54, 1.807) is 0 Å². The van der Waals surface area contributed by atoms with Crippen LogP contribution in [0.5, 0.6) is 0 Å². The number of carboxylic acid groups (broad SMARTS) is 1. The van der Waals surface area contributed by atoms with Gasteiger partial charge in [-0.05, 0) is 37.6 Å². The Balaban J connectivity index is 2.20. The van der Waals surface area contributed by atoms with E-state index in [9.17, 15) is 4.79 Å². The molecule has 0 aromatic heterocycles. The van der Waals surface area contributed by atoms with Gasteiger partial charge in [0.05, 0.1) is 0 Å². The van der Waals surface area contributed by atoms with Crippen LogP contribution in [0.4, 0.5) is 0 Å². The Hall–Kier alpha value is -0.570. The van der Waals surface area contributed by atoms with Crippen molar-refractivity contribution in [1.29, 1.82) is 0 Å². The van der Waals surface area contributed by atoms with Crippen molar-refractivity contribution in [2.75, 3.05) is 6.54 Å². The van der Waals surface area contributed by atoms with Crippen molar-refractivity contribution in [3.05, 3.63) is 0 Å². The maximum absolute atomic E-state index is 10.8. The molecule has 2 unspecified atom stereocenters. The van der Waals surface area contributed by atoms with E-state index >= 15 is 0 Å². The molecule has 82 valence electrons. The molecule has 0 spiro atoms. The predicted octanol–water partition coefficient (Wildman–Crippen LogP) is 1.88. The first-order chi connectivity index (χ1) is 6.65. The topological polar surface area (TPSA) is 49.3 Å². The van der Waals surface area contributed by atoms with Gasteiger partial charge in [0.1, 0.15) is 6.04 Å². The number of carbonyl (C=O) groups is 1. The molecule has 0 bridgehead atoms. The summed E-state index contributed by atoms with van der Waals surface area (Å²) in [5.74, 6) is 0.766. The van der Waals surface area contributed by atoms with E-state index in [0.29, 0.717) is 5.92 Å². The van der Waals surface area contributed by atoms with Gasteiger partial charge in [0.25, 0.3) is 0 Å². The van der Waals surface area contributed by atoms with E-state index in [1.807, 2.05) is 6.92 Å². The van der Waals surface area contributed by atoms with Crippen LogP contribution in [-0.4, -0.2) is 23.7 Å². The quantitative estimate of drug-likeness (QED) is 0.658. The van der Waals surface area contributed by atoms with Gasteiger partial charge in [-0.3, -0.25) is 4.79 Å². The highest BCUT2D eigenvalue weighted by Crippen LogP contribution is 2.36. The summed E-state index contributed by atoms with van der Waals surface area (Å²) >= 11 is 0. The fourth-order valence-corrected chi connectivity index (χ4v) is 1.76. The summed E-state index contributed by atoms with van der Waals surface area (Å²) in [7, 11) is 0. The molecule has 1 saturated carbocycles. The first-order valence-electron chi connectivity index (χ1n) is 5.61. The second-order valence-corrected chi connectivity index (χ2v) is 4.40. The zero-order chi connectivity index (χ0) is 10.6. The molecule has 1 aliphatic rings. The lowest BCUT2D eigenvalue weighted by Crippen LogP contribution is -2.39. The fraction of sp³-hybridized carbons (Fsp3) is 0.909. The molecule has 0 amide bonds. The zero-order valence-corrected chi connectivity index (χ0v) is 9.12. The highest BCUT2D eigenvalue weighted by molar-refractivity contribution is 5.73. The molecular weight excluding hydrogens is 178 g/mol. The lowest BCUT2D eigenvalue weighted by molar-refractivity contribution is -0.139. The molecule has 3 nitrogen and oxygen atoms in total. The summed E-state index contributed by atoms with van der Waals surface area (Å²) in [6, 6.07) is -0.346. The fourth-order valence-electron chi connectivity index (χ4n) is 1.76. The predicted molar refractivity (Wildman–Crippen MR) is 56.2 cm³/mol. The van der Waals surface area contributed by atoms with Crippen molar-refractivity contribution in [3.8, 4) is 0 Å². The largest absolute Gasteiger partial charge is 0.480 e. The van der Waals surface area contributed by atoms with E-state index in [1.165, 1.54) is 12.8 Å². The molecule has 14 heavy (non-hydrogen) atoms. The lowest BCUT2D eigenvalue weighted by Gasteiger charge is -2.16. The molecule has 1 aliphatic carbocycles. The van der Waals surface area contributed by atoms with Crippen molar-refractivity contribution < 1.29 is 9.90 Å². The molecular formula is C11H21NO2. The van der Waals surface area contributed by atoms with Crippen LogP contribution >= 0.6 is 0 Å². The van der Waals surface area contributed by atoms with Crippen LogP contribution in [0.15, 0.2) is 0 Å². The smallest absolute Gasteiger partial charge is 0.320 e. The van der Waals surface area contributed by atoms with Gasteiger partial charge in [-0.2, -0.15) is 0 Å². The molecule has 0 radical (unpaired) electrons. The van der Waals surface area contributed by atoms with Crippen molar-refractivity contribution >= 4 is 5.97 Å². The summed E-state index contributed by atoms with van der Waals surface area (Å²) in [5, 5.41) is 12.1. The van der Waals surface area contributed by atoms with Gasteiger partial charge in [0.15, 0.2) is 0 Å². The number of nitrogens with one attached hydrogen (secondary N) is 1. The first-order valence-corrected chi connectivity index (χ1v) is 5.61. The van der Waals surface area contributed by atoms with Crippen LogP contribution in [0.2, 0.25) is 0 Å². The molecule has 0 aromatic rings. The Morgan fingerprint density at radius 2 is 2.21 bits per heavy atom. The number of rotatable bonds is 7.